The summed E-state index contributed by atoms with van der Waals surface area (Å²) < 4.78 is 5.46. The van der Waals surface area contributed by atoms with Crippen molar-refractivity contribution in [3.63, 3.8) is 0 Å². The first-order valence-corrected chi connectivity index (χ1v) is 13.4. The number of carbonyl (C=O) groups is 3. The molecular formula is C32H37N3O5. The molecule has 1 saturated heterocycles. The molecule has 0 spiro atoms. The van der Waals surface area contributed by atoms with Gasteiger partial charge in [-0.3, -0.25) is 9.59 Å². The molecule has 0 aromatic heterocycles. The molecule has 1 aliphatic heterocycles. The van der Waals surface area contributed by atoms with Crippen molar-refractivity contribution in [1.82, 2.24) is 9.80 Å². The Kier molecular flexibility index (Phi) is 8.18. The maximum absolute atomic E-state index is 13.8. The number of nitrogens with one attached hydrogen (secondary N) is 1. The monoisotopic (exact) mass is 543 g/mol. The highest BCUT2D eigenvalue weighted by atomic mass is 16.6. The molecule has 8 heteroatoms. The third kappa shape index (κ3) is 6.45. The van der Waals surface area contributed by atoms with Gasteiger partial charge < -0.3 is 25.0 Å². The van der Waals surface area contributed by atoms with Crippen LogP contribution in [0.1, 0.15) is 58.2 Å². The fourth-order valence-corrected chi connectivity index (χ4v) is 4.96. The number of carbonyl (C=O) groups excluding carboxylic acids is 3. The Morgan fingerprint density at radius 3 is 1.98 bits per heavy atom. The Labute approximate surface area is 235 Å². The van der Waals surface area contributed by atoms with Gasteiger partial charge in [-0.15, -0.1) is 0 Å². The average molecular weight is 544 g/mol. The number of phenols is 1. The van der Waals surface area contributed by atoms with Gasteiger partial charge in [-0.05, 0) is 75.9 Å². The van der Waals surface area contributed by atoms with E-state index < -0.39 is 23.5 Å². The van der Waals surface area contributed by atoms with Gasteiger partial charge in [0.1, 0.15) is 11.4 Å². The van der Waals surface area contributed by atoms with Gasteiger partial charge >= 0.3 is 6.09 Å². The zero-order chi connectivity index (χ0) is 29.2. The predicted octanol–water partition coefficient (Wildman–Crippen LogP) is 5.93. The second-order valence-electron chi connectivity index (χ2n) is 11.3. The van der Waals surface area contributed by atoms with Crippen molar-refractivity contribution < 1.29 is 24.2 Å². The van der Waals surface area contributed by atoms with E-state index in [0.717, 1.165) is 22.3 Å². The summed E-state index contributed by atoms with van der Waals surface area (Å²) in [4.78, 5) is 43.1. The largest absolute Gasteiger partial charge is 0.507 e. The number of rotatable bonds is 4. The standard InChI is InChI=1S/C32H37N3O5/c1-20-16-21(2)28(22(3)17-20)33-29(37)25-18-24(23-10-8-7-9-11-23)19-26(36)27(25)30(38)34-12-14-35(15-13-34)31(39)40-32(4,5)6/h7-11,16-19,36H,12-15H2,1-6H3,(H,33,37). The highest BCUT2D eigenvalue weighted by molar-refractivity contribution is 6.14. The lowest BCUT2D eigenvalue weighted by molar-refractivity contribution is 0.0140. The van der Waals surface area contributed by atoms with Crippen molar-refractivity contribution in [2.45, 2.75) is 47.1 Å². The Morgan fingerprint density at radius 2 is 1.40 bits per heavy atom. The van der Waals surface area contributed by atoms with Crippen molar-refractivity contribution in [1.29, 1.82) is 0 Å². The van der Waals surface area contributed by atoms with E-state index in [4.69, 9.17) is 4.74 Å². The second kappa shape index (κ2) is 11.4. The number of anilines is 1. The summed E-state index contributed by atoms with van der Waals surface area (Å²) in [6.45, 7) is 12.3. The molecule has 0 bridgehead atoms. The van der Waals surface area contributed by atoms with Crippen LogP contribution in [0, 0.1) is 20.8 Å². The van der Waals surface area contributed by atoms with Crippen LogP contribution in [0.15, 0.2) is 54.6 Å². The number of hydrogen-bond acceptors (Lipinski definition) is 5. The molecule has 0 atom stereocenters. The van der Waals surface area contributed by atoms with Crippen LogP contribution in [-0.4, -0.2) is 64.6 Å². The highest BCUT2D eigenvalue weighted by Gasteiger charge is 2.32. The van der Waals surface area contributed by atoms with E-state index in [1.807, 2.05) is 63.2 Å². The maximum Gasteiger partial charge on any atom is 0.410 e. The summed E-state index contributed by atoms with van der Waals surface area (Å²) >= 11 is 0. The topological polar surface area (TPSA) is 99.2 Å². The molecule has 3 aromatic rings. The second-order valence-corrected chi connectivity index (χ2v) is 11.3. The molecule has 1 fully saturated rings. The predicted molar refractivity (Wildman–Crippen MR) is 156 cm³/mol. The normalized spacial score (nSPS) is 13.7. The molecule has 210 valence electrons. The Bertz CT molecular complexity index is 1410. The molecule has 3 amide bonds. The molecular weight excluding hydrogens is 506 g/mol. The summed E-state index contributed by atoms with van der Waals surface area (Å²) in [5.74, 6) is -1.23. The number of phenolic OH excluding ortho intramolecular Hbond substituents is 1. The molecule has 0 saturated carbocycles. The van der Waals surface area contributed by atoms with Crippen LogP contribution in [-0.2, 0) is 4.74 Å². The molecule has 1 aliphatic rings. The summed E-state index contributed by atoms with van der Waals surface area (Å²) in [5.41, 5.74) is 4.38. The van der Waals surface area contributed by atoms with Gasteiger partial charge in [-0.2, -0.15) is 0 Å². The minimum Gasteiger partial charge on any atom is -0.507 e. The molecule has 3 aromatic carbocycles. The van der Waals surface area contributed by atoms with Gasteiger partial charge in [-0.25, -0.2) is 4.79 Å². The zero-order valence-corrected chi connectivity index (χ0v) is 24.0. The van der Waals surface area contributed by atoms with Crippen LogP contribution in [0.5, 0.6) is 5.75 Å². The van der Waals surface area contributed by atoms with Gasteiger partial charge in [0, 0.05) is 31.9 Å². The first kappa shape index (κ1) is 28.7. The third-order valence-electron chi connectivity index (χ3n) is 6.82. The molecule has 1 heterocycles. The lowest BCUT2D eigenvalue weighted by Gasteiger charge is -2.36. The lowest BCUT2D eigenvalue weighted by Crippen LogP contribution is -2.51. The molecule has 2 N–H and O–H groups in total. The van der Waals surface area contributed by atoms with E-state index in [1.165, 1.54) is 6.07 Å². The number of hydrogen-bond donors (Lipinski definition) is 2. The number of benzene rings is 3. The number of aryl methyl sites for hydroxylation is 3. The van der Waals surface area contributed by atoms with Crippen LogP contribution < -0.4 is 5.32 Å². The maximum atomic E-state index is 13.8. The smallest absolute Gasteiger partial charge is 0.410 e. The summed E-state index contributed by atoms with van der Waals surface area (Å²) in [6.07, 6.45) is -0.432. The SMILES string of the molecule is Cc1cc(C)c(NC(=O)c2cc(-c3ccccc3)cc(O)c2C(=O)N2CCN(C(=O)OC(C)(C)C)CC2)c(C)c1. The first-order chi connectivity index (χ1) is 18.8. The summed E-state index contributed by atoms with van der Waals surface area (Å²) in [7, 11) is 0. The number of aromatic hydroxyl groups is 1. The van der Waals surface area contributed by atoms with Gasteiger partial charge in [0.2, 0.25) is 0 Å². The Hall–Kier alpha value is -4.33. The molecule has 0 radical (unpaired) electrons. The molecule has 0 unspecified atom stereocenters. The van der Waals surface area contributed by atoms with E-state index in [1.54, 1.807) is 36.6 Å². The van der Waals surface area contributed by atoms with Gasteiger partial charge in [0.25, 0.3) is 11.8 Å². The van der Waals surface area contributed by atoms with Crippen molar-refractivity contribution in [3.05, 3.63) is 82.4 Å². The minimum absolute atomic E-state index is 0.0645. The van der Waals surface area contributed by atoms with Crippen molar-refractivity contribution in [3.8, 4) is 16.9 Å². The highest BCUT2D eigenvalue weighted by Crippen LogP contribution is 2.32. The fourth-order valence-electron chi connectivity index (χ4n) is 4.96. The van der Waals surface area contributed by atoms with Crippen LogP contribution in [0.3, 0.4) is 0 Å². The van der Waals surface area contributed by atoms with Crippen LogP contribution in [0.2, 0.25) is 0 Å². The zero-order valence-electron chi connectivity index (χ0n) is 24.0. The van der Waals surface area contributed by atoms with Crippen LogP contribution in [0.4, 0.5) is 10.5 Å². The first-order valence-electron chi connectivity index (χ1n) is 13.4. The number of ether oxygens (including phenoxy) is 1. The van der Waals surface area contributed by atoms with Crippen molar-refractivity contribution >= 4 is 23.6 Å². The fraction of sp³-hybridized carbons (Fsp3) is 0.344. The summed E-state index contributed by atoms with van der Waals surface area (Å²) in [6, 6.07) is 16.5. The van der Waals surface area contributed by atoms with Crippen LogP contribution >= 0.6 is 0 Å². The molecule has 40 heavy (non-hydrogen) atoms. The number of nitrogens with zero attached hydrogens (tertiary/aromatic N) is 2. The number of piperazine rings is 1. The number of amides is 3. The minimum atomic E-state index is -0.618. The van der Waals surface area contributed by atoms with E-state index in [0.29, 0.717) is 11.3 Å². The van der Waals surface area contributed by atoms with E-state index >= 15 is 0 Å². The molecule has 4 rings (SSSR count). The van der Waals surface area contributed by atoms with E-state index in [-0.39, 0.29) is 43.1 Å². The average Bonchev–Trinajstić information content (AvgIpc) is 2.89. The van der Waals surface area contributed by atoms with E-state index in [9.17, 15) is 19.5 Å². The Morgan fingerprint density at radius 1 is 0.825 bits per heavy atom. The van der Waals surface area contributed by atoms with Gasteiger partial charge in [0.15, 0.2) is 0 Å². The quantitative estimate of drug-likeness (QED) is 0.425. The van der Waals surface area contributed by atoms with Crippen LogP contribution in [0.25, 0.3) is 11.1 Å². The van der Waals surface area contributed by atoms with E-state index in [2.05, 4.69) is 5.32 Å². The van der Waals surface area contributed by atoms with Crippen molar-refractivity contribution in [2.24, 2.45) is 0 Å². The third-order valence-corrected chi connectivity index (χ3v) is 6.82. The molecule has 0 aliphatic carbocycles. The summed E-state index contributed by atoms with van der Waals surface area (Å²) in [5, 5.41) is 14.1. The lowest BCUT2D eigenvalue weighted by atomic mass is 9.96. The van der Waals surface area contributed by atoms with Crippen molar-refractivity contribution in [2.75, 3.05) is 31.5 Å². The van der Waals surface area contributed by atoms with Gasteiger partial charge in [-0.1, -0.05) is 48.0 Å². The Balaban J connectivity index is 1.66. The van der Waals surface area contributed by atoms with Gasteiger partial charge in [0.05, 0.1) is 11.1 Å². The molecule has 8 nitrogen and oxygen atoms in total.